The predicted octanol–water partition coefficient (Wildman–Crippen LogP) is 0.126. The lowest BCUT2D eigenvalue weighted by molar-refractivity contribution is -0.134. The molecule has 0 aromatic heterocycles. The van der Waals surface area contributed by atoms with E-state index in [2.05, 4.69) is 10.3 Å². The van der Waals surface area contributed by atoms with E-state index in [1.165, 1.54) is 7.11 Å². The minimum atomic E-state index is -0.225. The number of hydroxylamine groups is 1. The minimum absolute atomic E-state index is 0.161. The monoisotopic (exact) mass is 185 g/mol. The summed E-state index contributed by atoms with van der Waals surface area (Å²) in [7, 11) is 1.41. The zero-order valence-corrected chi connectivity index (χ0v) is 7.96. The van der Waals surface area contributed by atoms with E-state index >= 15 is 0 Å². The van der Waals surface area contributed by atoms with Crippen LogP contribution in [0.15, 0.2) is 0 Å². The van der Waals surface area contributed by atoms with Crippen LogP contribution in [0.3, 0.4) is 0 Å². The van der Waals surface area contributed by atoms with Crippen molar-refractivity contribution in [1.82, 2.24) is 10.4 Å². The van der Waals surface area contributed by atoms with Crippen LogP contribution in [0.5, 0.6) is 0 Å². The highest BCUT2D eigenvalue weighted by molar-refractivity contribution is 5.87. The molecule has 0 aliphatic carbocycles. The van der Waals surface area contributed by atoms with Gasteiger partial charge >= 0.3 is 0 Å². The molecule has 74 valence electrons. The Kier molecular flexibility index (Phi) is 3.25. The fourth-order valence-corrected chi connectivity index (χ4v) is 1.61. The van der Waals surface area contributed by atoms with E-state index in [-0.39, 0.29) is 11.9 Å². The van der Waals surface area contributed by atoms with E-state index in [1.807, 2.05) is 0 Å². The van der Waals surface area contributed by atoms with Crippen molar-refractivity contribution < 1.29 is 9.63 Å². The van der Waals surface area contributed by atoms with Crippen LogP contribution in [-0.4, -0.2) is 36.3 Å². The van der Waals surface area contributed by atoms with Crippen molar-refractivity contribution >= 4 is 11.7 Å². The molecule has 0 aromatic rings. The SMILES string of the molecule is CONC(=O)C1CCCN1C(C)=N. The second-order valence-electron chi connectivity index (χ2n) is 3.11. The Bertz CT molecular complexity index is 217. The Balaban J connectivity index is 2.57. The lowest BCUT2D eigenvalue weighted by Gasteiger charge is -2.23. The summed E-state index contributed by atoms with van der Waals surface area (Å²) >= 11 is 0. The van der Waals surface area contributed by atoms with Gasteiger partial charge in [0.1, 0.15) is 6.04 Å². The van der Waals surface area contributed by atoms with Gasteiger partial charge in [-0.3, -0.25) is 15.0 Å². The summed E-state index contributed by atoms with van der Waals surface area (Å²) in [6.07, 6.45) is 1.75. The average Bonchev–Trinajstić information content (AvgIpc) is 2.52. The molecule has 1 heterocycles. The number of amides is 1. The Morgan fingerprint density at radius 2 is 2.38 bits per heavy atom. The van der Waals surface area contributed by atoms with Crippen LogP contribution in [0.25, 0.3) is 0 Å². The second kappa shape index (κ2) is 4.23. The summed E-state index contributed by atoms with van der Waals surface area (Å²) in [5, 5.41) is 7.45. The van der Waals surface area contributed by atoms with Crippen molar-refractivity contribution in [1.29, 1.82) is 5.41 Å². The normalized spacial score (nSPS) is 21.7. The summed E-state index contributed by atoms with van der Waals surface area (Å²) in [4.78, 5) is 17.7. The van der Waals surface area contributed by atoms with E-state index < -0.39 is 0 Å². The van der Waals surface area contributed by atoms with Crippen molar-refractivity contribution in [2.45, 2.75) is 25.8 Å². The molecule has 1 amide bonds. The average molecular weight is 185 g/mol. The van der Waals surface area contributed by atoms with Crippen molar-refractivity contribution in [3.05, 3.63) is 0 Å². The van der Waals surface area contributed by atoms with Gasteiger partial charge in [0, 0.05) is 6.54 Å². The summed E-state index contributed by atoms with van der Waals surface area (Å²) in [5.41, 5.74) is 2.30. The summed E-state index contributed by atoms with van der Waals surface area (Å²) in [6, 6.07) is -0.225. The van der Waals surface area contributed by atoms with Gasteiger partial charge in [-0.2, -0.15) is 0 Å². The summed E-state index contributed by atoms with van der Waals surface area (Å²) in [5.74, 6) is 0.278. The molecule has 1 atom stereocenters. The molecule has 13 heavy (non-hydrogen) atoms. The first-order valence-corrected chi connectivity index (χ1v) is 4.31. The number of carbonyl (C=O) groups is 1. The van der Waals surface area contributed by atoms with E-state index in [0.29, 0.717) is 5.84 Å². The van der Waals surface area contributed by atoms with Gasteiger partial charge in [-0.15, -0.1) is 0 Å². The third-order valence-corrected chi connectivity index (χ3v) is 2.19. The summed E-state index contributed by atoms with van der Waals surface area (Å²) < 4.78 is 0. The van der Waals surface area contributed by atoms with E-state index in [9.17, 15) is 4.79 Å². The van der Waals surface area contributed by atoms with Gasteiger partial charge in [-0.05, 0) is 19.8 Å². The molecule has 2 N–H and O–H groups in total. The zero-order chi connectivity index (χ0) is 9.84. The third kappa shape index (κ3) is 2.18. The van der Waals surface area contributed by atoms with Crippen LogP contribution in [0, 0.1) is 5.41 Å². The highest BCUT2D eigenvalue weighted by Crippen LogP contribution is 2.17. The number of rotatable bonds is 2. The first kappa shape index (κ1) is 9.98. The number of hydrogen-bond donors (Lipinski definition) is 2. The van der Waals surface area contributed by atoms with Gasteiger partial charge in [-0.1, -0.05) is 0 Å². The number of nitrogens with one attached hydrogen (secondary N) is 2. The third-order valence-electron chi connectivity index (χ3n) is 2.19. The van der Waals surface area contributed by atoms with E-state index in [1.54, 1.807) is 11.8 Å². The lowest BCUT2D eigenvalue weighted by atomic mass is 10.2. The van der Waals surface area contributed by atoms with Crippen LogP contribution in [0.4, 0.5) is 0 Å². The molecule has 1 unspecified atom stereocenters. The quantitative estimate of drug-likeness (QED) is 0.365. The van der Waals surface area contributed by atoms with Crippen molar-refractivity contribution in [2.24, 2.45) is 0 Å². The molecule has 1 rings (SSSR count). The van der Waals surface area contributed by atoms with Gasteiger partial charge in [-0.25, -0.2) is 5.48 Å². The number of nitrogens with zero attached hydrogens (tertiary/aromatic N) is 1. The molecule has 0 bridgehead atoms. The molecular weight excluding hydrogens is 170 g/mol. The molecule has 1 fully saturated rings. The van der Waals surface area contributed by atoms with E-state index in [4.69, 9.17) is 5.41 Å². The largest absolute Gasteiger partial charge is 0.349 e. The second-order valence-corrected chi connectivity index (χ2v) is 3.11. The molecule has 0 radical (unpaired) electrons. The highest BCUT2D eigenvalue weighted by Gasteiger charge is 2.30. The molecular formula is C8H15N3O2. The molecule has 1 saturated heterocycles. The van der Waals surface area contributed by atoms with Crippen LogP contribution < -0.4 is 5.48 Å². The Morgan fingerprint density at radius 1 is 1.69 bits per heavy atom. The predicted molar refractivity (Wildman–Crippen MR) is 48.3 cm³/mol. The van der Waals surface area contributed by atoms with Gasteiger partial charge in [0.2, 0.25) is 0 Å². The molecule has 0 spiro atoms. The fraction of sp³-hybridized carbons (Fsp3) is 0.750. The number of likely N-dealkylation sites (tertiary alicyclic amines) is 1. The maximum absolute atomic E-state index is 11.4. The summed E-state index contributed by atoms with van der Waals surface area (Å²) in [6.45, 7) is 2.48. The number of hydrogen-bond acceptors (Lipinski definition) is 3. The molecule has 5 nitrogen and oxygen atoms in total. The van der Waals surface area contributed by atoms with Crippen LogP contribution in [0.1, 0.15) is 19.8 Å². The molecule has 0 saturated carbocycles. The lowest BCUT2D eigenvalue weighted by Crippen LogP contribution is -2.44. The zero-order valence-electron chi connectivity index (χ0n) is 7.96. The van der Waals surface area contributed by atoms with Crippen molar-refractivity contribution in [3.8, 4) is 0 Å². The van der Waals surface area contributed by atoms with Gasteiger partial charge in [0.15, 0.2) is 0 Å². The standard InChI is InChI=1S/C8H15N3O2/c1-6(9)11-5-3-4-7(11)8(12)10-13-2/h7,9H,3-5H2,1-2H3,(H,10,12). The smallest absolute Gasteiger partial charge is 0.266 e. The van der Waals surface area contributed by atoms with Gasteiger partial charge in [0.05, 0.1) is 12.9 Å². The van der Waals surface area contributed by atoms with Crippen LogP contribution in [0.2, 0.25) is 0 Å². The Labute approximate surface area is 77.5 Å². The van der Waals surface area contributed by atoms with Crippen LogP contribution in [-0.2, 0) is 9.63 Å². The first-order chi connectivity index (χ1) is 6.16. The maximum Gasteiger partial charge on any atom is 0.266 e. The number of carbonyl (C=O) groups excluding carboxylic acids is 1. The molecule has 1 aliphatic rings. The molecule has 0 aromatic carbocycles. The van der Waals surface area contributed by atoms with Gasteiger partial charge in [0.25, 0.3) is 5.91 Å². The topological polar surface area (TPSA) is 65.4 Å². The Morgan fingerprint density at radius 3 is 2.92 bits per heavy atom. The maximum atomic E-state index is 11.4. The molecule has 5 heteroatoms. The van der Waals surface area contributed by atoms with Gasteiger partial charge < -0.3 is 4.90 Å². The fourth-order valence-electron chi connectivity index (χ4n) is 1.61. The Hall–Kier alpha value is -1.10. The minimum Gasteiger partial charge on any atom is -0.349 e. The highest BCUT2D eigenvalue weighted by atomic mass is 16.6. The first-order valence-electron chi connectivity index (χ1n) is 4.31. The molecule has 1 aliphatic heterocycles. The van der Waals surface area contributed by atoms with Crippen molar-refractivity contribution in [3.63, 3.8) is 0 Å². The number of amidine groups is 1. The van der Waals surface area contributed by atoms with Crippen molar-refractivity contribution in [2.75, 3.05) is 13.7 Å². The van der Waals surface area contributed by atoms with Crippen LogP contribution >= 0.6 is 0 Å². The van der Waals surface area contributed by atoms with E-state index in [0.717, 1.165) is 19.4 Å².